The molecule has 0 aliphatic carbocycles. The number of nitrogens with one attached hydrogen (secondary N) is 1. The van der Waals surface area contributed by atoms with Crippen molar-refractivity contribution in [3.63, 3.8) is 0 Å². The summed E-state index contributed by atoms with van der Waals surface area (Å²) in [6.07, 6.45) is 1.27. The lowest BCUT2D eigenvalue weighted by atomic mass is 9.87. The number of halogens is 1. The van der Waals surface area contributed by atoms with Gasteiger partial charge in [-0.15, -0.1) is 0 Å². The molecule has 2 heteroatoms. The Morgan fingerprint density at radius 2 is 2.29 bits per heavy atom. The normalized spacial score (nSPS) is 26.7. The van der Waals surface area contributed by atoms with Crippen LogP contribution < -0.4 is 5.32 Å². The fourth-order valence-corrected chi connectivity index (χ4v) is 2.71. The fourth-order valence-electron chi connectivity index (χ4n) is 2.29. The minimum absolute atomic E-state index is 0.706. The quantitative estimate of drug-likeness (QED) is 0.854. The molecule has 0 radical (unpaired) electrons. The van der Waals surface area contributed by atoms with Gasteiger partial charge in [-0.2, -0.15) is 0 Å². The summed E-state index contributed by atoms with van der Waals surface area (Å²) in [5.41, 5.74) is 1.47. The Bertz CT molecular complexity index is 311. The van der Waals surface area contributed by atoms with E-state index in [4.69, 9.17) is 0 Å². The summed E-state index contributed by atoms with van der Waals surface area (Å²) in [5, 5.41) is 3.48. The largest absolute Gasteiger partial charge is 0.316 e. The smallest absolute Gasteiger partial charge is 0.0178 e. The molecule has 1 N–H and O–H groups in total. The molecule has 2 rings (SSSR count). The van der Waals surface area contributed by atoms with Crippen molar-refractivity contribution in [3.8, 4) is 0 Å². The zero-order valence-corrected chi connectivity index (χ0v) is 10.0. The Balaban J connectivity index is 2.21. The second-order valence-electron chi connectivity index (χ2n) is 3.99. The third kappa shape index (κ3) is 2.01. The maximum atomic E-state index is 3.53. The first kappa shape index (κ1) is 10.2. The van der Waals surface area contributed by atoms with Crippen LogP contribution in [0.15, 0.2) is 28.7 Å². The molecule has 1 aliphatic heterocycles. The first-order chi connectivity index (χ1) is 6.81. The van der Waals surface area contributed by atoms with Gasteiger partial charge >= 0.3 is 0 Å². The van der Waals surface area contributed by atoms with Crippen LogP contribution in [0.3, 0.4) is 0 Å². The molecule has 0 spiro atoms. The predicted octanol–water partition coefficient (Wildman–Crippen LogP) is 3.16. The van der Waals surface area contributed by atoms with Crippen molar-refractivity contribution in [2.75, 3.05) is 13.1 Å². The van der Waals surface area contributed by atoms with Crippen molar-refractivity contribution in [3.05, 3.63) is 34.3 Å². The van der Waals surface area contributed by atoms with E-state index < -0.39 is 0 Å². The van der Waals surface area contributed by atoms with Gasteiger partial charge in [0.1, 0.15) is 0 Å². The van der Waals surface area contributed by atoms with Gasteiger partial charge in [0, 0.05) is 16.9 Å². The lowest BCUT2D eigenvalue weighted by Crippen LogP contribution is -2.09. The summed E-state index contributed by atoms with van der Waals surface area (Å²) in [7, 11) is 0. The Hall–Kier alpha value is -0.340. The van der Waals surface area contributed by atoms with E-state index in [1.807, 2.05) is 0 Å². The maximum absolute atomic E-state index is 3.53. The summed E-state index contributed by atoms with van der Waals surface area (Å²) < 4.78 is 1.19. The van der Waals surface area contributed by atoms with Gasteiger partial charge in [0.2, 0.25) is 0 Å². The van der Waals surface area contributed by atoms with Gasteiger partial charge in [0.25, 0.3) is 0 Å². The van der Waals surface area contributed by atoms with E-state index in [-0.39, 0.29) is 0 Å². The van der Waals surface area contributed by atoms with E-state index in [0.717, 1.165) is 12.5 Å². The standard InChI is InChI=1S/C12H16BrN/c1-2-9-7-14-8-12(9)10-4-3-5-11(13)6-10/h3-6,9,12,14H,2,7-8H2,1H3/t9-,12-/m1/s1. The molecule has 2 atom stereocenters. The first-order valence-corrected chi connectivity index (χ1v) is 6.06. The van der Waals surface area contributed by atoms with Crippen LogP contribution in [0, 0.1) is 5.92 Å². The van der Waals surface area contributed by atoms with E-state index in [0.29, 0.717) is 5.92 Å². The van der Waals surface area contributed by atoms with Crippen LogP contribution in [0.2, 0.25) is 0 Å². The van der Waals surface area contributed by atoms with Crippen molar-refractivity contribution in [1.82, 2.24) is 5.32 Å². The molecule has 0 saturated carbocycles. The molecule has 1 saturated heterocycles. The summed E-state index contributed by atoms with van der Waals surface area (Å²) in [5.74, 6) is 1.52. The van der Waals surface area contributed by atoms with Crippen molar-refractivity contribution < 1.29 is 0 Å². The molecule has 0 aromatic heterocycles. The minimum atomic E-state index is 0.706. The summed E-state index contributed by atoms with van der Waals surface area (Å²) >= 11 is 3.53. The molecule has 14 heavy (non-hydrogen) atoms. The molecule has 0 unspecified atom stereocenters. The van der Waals surface area contributed by atoms with E-state index in [2.05, 4.69) is 52.4 Å². The molecule has 1 aromatic rings. The lowest BCUT2D eigenvalue weighted by Gasteiger charge is -2.17. The van der Waals surface area contributed by atoms with E-state index in [1.165, 1.54) is 23.0 Å². The van der Waals surface area contributed by atoms with Crippen LogP contribution in [0.4, 0.5) is 0 Å². The Morgan fingerprint density at radius 3 is 3.00 bits per heavy atom. The zero-order chi connectivity index (χ0) is 9.97. The molecule has 1 aliphatic rings. The molecular weight excluding hydrogens is 238 g/mol. The Labute approximate surface area is 94.0 Å². The van der Waals surface area contributed by atoms with Gasteiger partial charge in [-0.05, 0) is 30.2 Å². The minimum Gasteiger partial charge on any atom is -0.316 e. The topological polar surface area (TPSA) is 12.0 Å². The summed E-state index contributed by atoms with van der Waals surface area (Å²) in [4.78, 5) is 0. The van der Waals surface area contributed by atoms with Crippen molar-refractivity contribution in [1.29, 1.82) is 0 Å². The number of benzene rings is 1. The second-order valence-corrected chi connectivity index (χ2v) is 4.90. The van der Waals surface area contributed by atoms with Gasteiger partial charge in [-0.3, -0.25) is 0 Å². The predicted molar refractivity (Wildman–Crippen MR) is 63.5 cm³/mol. The third-order valence-electron chi connectivity index (χ3n) is 3.14. The van der Waals surface area contributed by atoms with E-state index in [1.54, 1.807) is 0 Å². The highest BCUT2D eigenvalue weighted by Crippen LogP contribution is 2.31. The highest BCUT2D eigenvalue weighted by Gasteiger charge is 2.26. The molecule has 1 aromatic carbocycles. The number of hydrogen-bond acceptors (Lipinski definition) is 1. The Kier molecular flexibility index (Phi) is 3.24. The summed E-state index contributed by atoms with van der Waals surface area (Å²) in [6.45, 7) is 4.59. The van der Waals surface area contributed by atoms with Crippen LogP contribution in [0.1, 0.15) is 24.8 Å². The molecule has 0 amide bonds. The van der Waals surface area contributed by atoms with Gasteiger partial charge in [0.05, 0.1) is 0 Å². The average molecular weight is 254 g/mol. The van der Waals surface area contributed by atoms with E-state index >= 15 is 0 Å². The van der Waals surface area contributed by atoms with Crippen molar-refractivity contribution in [2.24, 2.45) is 5.92 Å². The van der Waals surface area contributed by atoms with Crippen LogP contribution in [0.5, 0.6) is 0 Å². The molecule has 0 bridgehead atoms. The van der Waals surface area contributed by atoms with Crippen LogP contribution in [-0.4, -0.2) is 13.1 Å². The van der Waals surface area contributed by atoms with Crippen molar-refractivity contribution >= 4 is 15.9 Å². The van der Waals surface area contributed by atoms with E-state index in [9.17, 15) is 0 Å². The first-order valence-electron chi connectivity index (χ1n) is 5.27. The van der Waals surface area contributed by atoms with Gasteiger partial charge in [-0.1, -0.05) is 41.4 Å². The monoisotopic (exact) mass is 253 g/mol. The average Bonchev–Trinajstić information content (AvgIpc) is 2.65. The molecule has 1 nitrogen and oxygen atoms in total. The maximum Gasteiger partial charge on any atom is 0.0178 e. The highest BCUT2D eigenvalue weighted by atomic mass is 79.9. The van der Waals surface area contributed by atoms with Crippen LogP contribution >= 0.6 is 15.9 Å². The fraction of sp³-hybridized carbons (Fsp3) is 0.500. The summed E-state index contributed by atoms with van der Waals surface area (Å²) in [6, 6.07) is 8.71. The molecule has 1 fully saturated rings. The third-order valence-corrected chi connectivity index (χ3v) is 3.63. The van der Waals surface area contributed by atoms with Crippen molar-refractivity contribution in [2.45, 2.75) is 19.3 Å². The molecule has 76 valence electrons. The molecular formula is C12H16BrN. The SMILES string of the molecule is CC[C@@H]1CNC[C@H]1c1cccc(Br)c1. The lowest BCUT2D eigenvalue weighted by molar-refractivity contribution is 0.502. The van der Waals surface area contributed by atoms with Crippen LogP contribution in [0.25, 0.3) is 0 Å². The Morgan fingerprint density at radius 1 is 1.43 bits per heavy atom. The van der Waals surface area contributed by atoms with Gasteiger partial charge < -0.3 is 5.32 Å². The zero-order valence-electron chi connectivity index (χ0n) is 8.46. The number of rotatable bonds is 2. The van der Waals surface area contributed by atoms with Crippen LogP contribution in [-0.2, 0) is 0 Å². The second kappa shape index (κ2) is 4.45. The highest BCUT2D eigenvalue weighted by molar-refractivity contribution is 9.10. The molecule has 1 heterocycles. The van der Waals surface area contributed by atoms with Gasteiger partial charge in [0.15, 0.2) is 0 Å². The number of hydrogen-bond donors (Lipinski definition) is 1. The van der Waals surface area contributed by atoms with Gasteiger partial charge in [-0.25, -0.2) is 0 Å².